The fourth-order valence-electron chi connectivity index (χ4n) is 4.20. The molecule has 160 valence electrons. The monoisotopic (exact) mass is 432 g/mol. The molecule has 0 saturated carbocycles. The Morgan fingerprint density at radius 1 is 0.727 bits per heavy atom. The van der Waals surface area contributed by atoms with E-state index in [-0.39, 0.29) is 12.4 Å². The van der Waals surface area contributed by atoms with Crippen molar-refractivity contribution in [1.29, 1.82) is 0 Å². The van der Waals surface area contributed by atoms with Gasteiger partial charge in [0.2, 0.25) is 6.79 Å². The normalized spacial score (nSPS) is 12.2. The highest BCUT2D eigenvalue weighted by atomic mass is 16.7. The van der Waals surface area contributed by atoms with E-state index in [4.69, 9.17) is 14.5 Å². The third-order valence-corrected chi connectivity index (χ3v) is 5.89. The van der Waals surface area contributed by atoms with Crippen molar-refractivity contribution in [3.8, 4) is 34.0 Å². The highest BCUT2D eigenvalue weighted by Gasteiger charge is 2.17. The fraction of sp³-hybridized carbons (Fsp3) is 0.0714. The quantitative estimate of drug-likeness (QED) is 0.376. The Labute approximate surface area is 190 Å². The van der Waals surface area contributed by atoms with Gasteiger partial charge in [-0.15, -0.1) is 0 Å². The Bertz CT molecular complexity index is 1520. The molecule has 1 aliphatic heterocycles. The average molecular weight is 432 g/mol. The summed E-state index contributed by atoms with van der Waals surface area (Å²) in [6, 6.07) is 31.6. The highest BCUT2D eigenvalue weighted by molar-refractivity contribution is 5.80. The molecule has 0 atom stereocenters. The van der Waals surface area contributed by atoms with Crippen molar-refractivity contribution < 1.29 is 9.47 Å². The molecule has 0 unspecified atom stereocenters. The van der Waals surface area contributed by atoms with Crippen molar-refractivity contribution in [3.63, 3.8) is 0 Å². The number of benzene rings is 4. The Balaban J connectivity index is 1.47. The first-order valence-electron chi connectivity index (χ1n) is 10.8. The van der Waals surface area contributed by atoms with Crippen molar-refractivity contribution in [2.24, 2.45) is 0 Å². The van der Waals surface area contributed by atoms with Gasteiger partial charge in [0.25, 0.3) is 5.56 Å². The van der Waals surface area contributed by atoms with Gasteiger partial charge in [0.15, 0.2) is 11.5 Å². The van der Waals surface area contributed by atoms with Gasteiger partial charge in [-0.3, -0.25) is 9.36 Å². The van der Waals surface area contributed by atoms with Crippen LogP contribution < -0.4 is 15.0 Å². The molecule has 6 rings (SSSR count). The maximum absolute atomic E-state index is 13.5. The molecule has 0 saturated heterocycles. The van der Waals surface area contributed by atoms with Crippen LogP contribution in [0.3, 0.4) is 0 Å². The summed E-state index contributed by atoms with van der Waals surface area (Å²) in [6.07, 6.45) is 0. The van der Waals surface area contributed by atoms with E-state index in [1.807, 2.05) is 72.8 Å². The Morgan fingerprint density at radius 2 is 1.42 bits per heavy atom. The van der Waals surface area contributed by atoms with E-state index in [0.29, 0.717) is 29.0 Å². The minimum atomic E-state index is -0.0691. The SMILES string of the molecule is O=c1c2ccccc2nc(-c2ccc(-c3ccccc3)cc2)n1Cc1ccc2c(c1)OCO2. The first-order chi connectivity index (χ1) is 16.3. The van der Waals surface area contributed by atoms with Crippen molar-refractivity contribution in [1.82, 2.24) is 9.55 Å². The number of para-hydroxylation sites is 1. The van der Waals surface area contributed by atoms with Gasteiger partial charge >= 0.3 is 0 Å². The largest absolute Gasteiger partial charge is 0.454 e. The minimum absolute atomic E-state index is 0.0691. The zero-order valence-corrected chi connectivity index (χ0v) is 17.8. The molecule has 1 aliphatic rings. The average Bonchev–Trinajstić information content (AvgIpc) is 3.34. The van der Waals surface area contributed by atoms with Gasteiger partial charge < -0.3 is 9.47 Å². The molecular formula is C28H20N2O3. The van der Waals surface area contributed by atoms with Crippen LogP contribution >= 0.6 is 0 Å². The van der Waals surface area contributed by atoms with Crippen molar-refractivity contribution in [3.05, 3.63) is 113 Å². The van der Waals surface area contributed by atoms with Crippen LogP contribution in [0.15, 0.2) is 102 Å². The van der Waals surface area contributed by atoms with Crippen LogP contribution in [-0.4, -0.2) is 16.3 Å². The molecule has 2 heterocycles. The summed E-state index contributed by atoms with van der Waals surface area (Å²) in [4.78, 5) is 18.4. The van der Waals surface area contributed by atoms with Gasteiger partial charge in [-0.25, -0.2) is 4.98 Å². The molecule has 0 bridgehead atoms. The lowest BCUT2D eigenvalue weighted by molar-refractivity contribution is 0.174. The van der Waals surface area contributed by atoms with E-state index >= 15 is 0 Å². The number of hydrogen-bond acceptors (Lipinski definition) is 4. The number of aromatic nitrogens is 2. The third kappa shape index (κ3) is 3.53. The Kier molecular flexibility index (Phi) is 4.65. The number of nitrogens with zero attached hydrogens (tertiary/aromatic N) is 2. The maximum atomic E-state index is 13.5. The second kappa shape index (κ2) is 7.95. The van der Waals surface area contributed by atoms with E-state index in [0.717, 1.165) is 28.0 Å². The zero-order valence-electron chi connectivity index (χ0n) is 17.8. The molecule has 5 nitrogen and oxygen atoms in total. The van der Waals surface area contributed by atoms with Gasteiger partial charge in [-0.2, -0.15) is 0 Å². The first kappa shape index (κ1) is 19.3. The fourth-order valence-corrected chi connectivity index (χ4v) is 4.20. The second-order valence-corrected chi connectivity index (χ2v) is 7.97. The molecule has 4 aromatic carbocycles. The summed E-state index contributed by atoms with van der Waals surface area (Å²) < 4.78 is 12.7. The zero-order chi connectivity index (χ0) is 22.2. The van der Waals surface area contributed by atoms with Crippen LogP contribution in [-0.2, 0) is 6.54 Å². The lowest BCUT2D eigenvalue weighted by Crippen LogP contribution is -2.24. The molecule has 5 heteroatoms. The van der Waals surface area contributed by atoms with E-state index in [9.17, 15) is 4.79 Å². The topological polar surface area (TPSA) is 53.4 Å². The van der Waals surface area contributed by atoms with Crippen molar-refractivity contribution in [2.75, 3.05) is 6.79 Å². The molecule has 0 fully saturated rings. The number of rotatable bonds is 4. The Morgan fingerprint density at radius 3 is 2.27 bits per heavy atom. The molecule has 0 aliphatic carbocycles. The maximum Gasteiger partial charge on any atom is 0.261 e. The number of hydrogen-bond donors (Lipinski definition) is 0. The van der Waals surface area contributed by atoms with Crippen LogP contribution in [0.25, 0.3) is 33.4 Å². The van der Waals surface area contributed by atoms with E-state index < -0.39 is 0 Å². The molecule has 33 heavy (non-hydrogen) atoms. The molecule has 0 N–H and O–H groups in total. The molecule has 0 spiro atoms. The molecule has 5 aromatic rings. The Hall–Kier alpha value is -4.38. The summed E-state index contributed by atoms with van der Waals surface area (Å²) in [5.41, 5.74) is 4.71. The minimum Gasteiger partial charge on any atom is -0.454 e. The number of ether oxygens (including phenoxy) is 2. The standard InChI is InChI=1S/C28H20N2O3/c31-28-23-8-4-5-9-24(23)29-27(22-13-11-21(12-14-22)20-6-2-1-3-7-20)30(28)17-19-10-15-25-26(16-19)33-18-32-25/h1-16H,17-18H2. The van der Waals surface area contributed by atoms with Crippen LogP contribution in [0.5, 0.6) is 11.5 Å². The van der Waals surface area contributed by atoms with E-state index in [2.05, 4.69) is 24.3 Å². The van der Waals surface area contributed by atoms with Gasteiger partial charge in [0, 0.05) is 5.56 Å². The lowest BCUT2D eigenvalue weighted by atomic mass is 10.0. The van der Waals surface area contributed by atoms with Crippen molar-refractivity contribution >= 4 is 10.9 Å². The predicted molar refractivity (Wildman–Crippen MR) is 129 cm³/mol. The van der Waals surface area contributed by atoms with E-state index in [1.54, 1.807) is 4.57 Å². The molecular weight excluding hydrogens is 412 g/mol. The van der Waals surface area contributed by atoms with Gasteiger partial charge in [0.05, 0.1) is 17.4 Å². The van der Waals surface area contributed by atoms with Crippen LogP contribution in [0.4, 0.5) is 0 Å². The van der Waals surface area contributed by atoms with E-state index in [1.165, 1.54) is 0 Å². The summed E-state index contributed by atoms with van der Waals surface area (Å²) in [5.74, 6) is 2.05. The summed E-state index contributed by atoms with van der Waals surface area (Å²) >= 11 is 0. The second-order valence-electron chi connectivity index (χ2n) is 7.97. The first-order valence-corrected chi connectivity index (χ1v) is 10.8. The highest BCUT2D eigenvalue weighted by Crippen LogP contribution is 2.33. The number of fused-ring (bicyclic) bond motifs is 2. The predicted octanol–water partition coefficient (Wildman–Crippen LogP) is 5.51. The van der Waals surface area contributed by atoms with Crippen LogP contribution in [0.2, 0.25) is 0 Å². The summed E-state index contributed by atoms with van der Waals surface area (Å²) in [6.45, 7) is 0.596. The third-order valence-electron chi connectivity index (χ3n) is 5.89. The van der Waals surface area contributed by atoms with Crippen LogP contribution in [0, 0.1) is 0 Å². The molecule has 0 amide bonds. The van der Waals surface area contributed by atoms with Gasteiger partial charge in [-0.05, 0) is 41.0 Å². The molecule has 0 radical (unpaired) electrons. The summed E-state index contributed by atoms with van der Waals surface area (Å²) in [7, 11) is 0. The molecule has 1 aromatic heterocycles. The van der Waals surface area contributed by atoms with Crippen LogP contribution in [0.1, 0.15) is 5.56 Å². The van der Waals surface area contributed by atoms with Crippen molar-refractivity contribution in [2.45, 2.75) is 6.54 Å². The lowest BCUT2D eigenvalue weighted by Gasteiger charge is -2.15. The van der Waals surface area contributed by atoms with Gasteiger partial charge in [-0.1, -0.05) is 72.8 Å². The summed E-state index contributed by atoms with van der Waals surface area (Å²) in [5, 5.41) is 0.600. The smallest absolute Gasteiger partial charge is 0.261 e. The van der Waals surface area contributed by atoms with Gasteiger partial charge in [0.1, 0.15) is 5.82 Å².